The van der Waals surface area contributed by atoms with Gasteiger partial charge in [0.2, 0.25) is 5.78 Å². The summed E-state index contributed by atoms with van der Waals surface area (Å²) in [5, 5.41) is 21.4. The molecule has 4 aliphatic rings. The second kappa shape index (κ2) is 9.85. The smallest absolute Gasteiger partial charge is 0.200 e. The number of aliphatic hydroxyl groups excluding tert-OH is 1. The summed E-state index contributed by atoms with van der Waals surface area (Å²) in [6.07, 6.45) is -1.50. The van der Waals surface area contributed by atoms with E-state index in [0.717, 1.165) is 0 Å². The van der Waals surface area contributed by atoms with Gasteiger partial charge in [-0.25, -0.2) is 10.4 Å². The topological polar surface area (TPSA) is 173 Å². The molecule has 12 nitrogen and oxygen atoms in total. The van der Waals surface area contributed by atoms with Crippen molar-refractivity contribution in [2.24, 2.45) is 5.92 Å². The monoisotopic (exact) mass is 573 g/mol. The van der Waals surface area contributed by atoms with Crippen LogP contribution in [0.2, 0.25) is 0 Å². The summed E-state index contributed by atoms with van der Waals surface area (Å²) < 4.78 is 16.0. The van der Waals surface area contributed by atoms with Gasteiger partial charge in [0.1, 0.15) is 23.2 Å². The molecule has 2 aromatic rings. The molecule has 0 saturated carbocycles. The van der Waals surface area contributed by atoms with Crippen molar-refractivity contribution in [2.45, 2.75) is 56.9 Å². The van der Waals surface area contributed by atoms with Crippen molar-refractivity contribution in [3.8, 4) is 11.5 Å². The molecule has 6 unspecified atom stereocenters. The van der Waals surface area contributed by atoms with Gasteiger partial charge in [-0.2, -0.15) is 0 Å². The first-order valence-corrected chi connectivity index (χ1v) is 14.5. The molecule has 2 fully saturated rings. The third kappa shape index (κ3) is 4.22. The SMILES string of the molecule is COc1cccc2c1C(=O)c1c(NOOC3(C)CC(O)OC4OC43)c3c(c(O)c1C2=O)CC(C(=O)P(C)O)CC3. The first-order chi connectivity index (χ1) is 19.1. The molecular formula is C27H28NO11P. The van der Waals surface area contributed by atoms with Crippen molar-refractivity contribution >= 4 is 30.9 Å². The van der Waals surface area contributed by atoms with Gasteiger partial charge in [0, 0.05) is 23.5 Å². The molecule has 6 rings (SSSR count). The van der Waals surface area contributed by atoms with E-state index in [1.807, 2.05) is 0 Å². The Labute approximate surface area is 229 Å². The fourth-order valence-electron chi connectivity index (χ4n) is 5.96. The number of rotatable bonds is 7. The number of methoxy groups -OCH3 is 1. The van der Waals surface area contributed by atoms with Crippen LogP contribution in [-0.4, -0.2) is 70.3 Å². The lowest BCUT2D eigenvalue weighted by Gasteiger charge is -2.33. The minimum Gasteiger partial charge on any atom is -0.507 e. The van der Waals surface area contributed by atoms with Gasteiger partial charge in [-0.15, -0.1) is 4.99 Å². The summed E-state index contributed by atoms with van der Waals surface area (Å²) in [7, 11) is -0.453. The number of ether oxygens (including phenoxy) is 3. The van der Waals surface area contributed by atoms with Crippen molar-refractivity contribution < 1.29 is 53.6 Å². The quantitative estimate of drug-likeness (QED) is 0.107. The van der Waals surface area contributed by atoms with E-state index < -0.39 is 49.9 Å². The number of benzene rings is 2. The van der Waals surface area contributed by atoms with Gasteiger partial charge in [0.05, 0.1) is 37.6 Å². The maximum atomic E-state index is 13.9. The molecule has 4 N–H and O–H groups in total. The van der Waals surface area contributed by atoms with E-state index in [1.54, 1.807) is 19.1 Å². The van der Waals surface area contributed by atoms with Crippen LogP contribution in [0.25, 0.3) is 0 Å². The highest BCUT2D eigenvalue weighted by Crippen LogP contribution is 2.49. The molecule has 13 heteroatoms. The number of carbonyl (C=O) groups is 3. The largest absolute Gasteiger partial charge is 0.507 e. The van der Waals surface area contributed by atoms with E-state index in [4.69, 9.17) is 24.1 Å². The van der Waals surface area contributed by atoms with Crippen molar-refractivity contribution in [2.75, 3.05) is 19.3 Å². The summed E-state index contributed by atoms with van der Waals surface area (Å²) in [5.74, 6) is -1.89. The van der Waals surface area contributed by atoms with E-state index >= 15 is 0 Å². The summed E-state index contributed by atoms with van der Waals surface area (Å²) in [6, 6.07) is 4.63. The molecule has 40 heavy (non-hydrogen) atoms. The molecule has 2 saturated heterocycles. The standard InChI is InChI=1S/C27H28NO11P/c1-27(10-16(29)36-26-24(27)37-26)38-39-28-20-12-8-7-11(25(33)40(3)34)9-14(12)22(31)19-18(20)23(32)17-13(21(19)30)5-4-6-15(17)35-2/h4-6,11,16,24,26,28-29,31,34H,7-10H2,1-3H3. The van der Waals surface area contributed by atoms with Crippen LogP contribution >= 0.6 is 8.15 Å². The number of ketones is 2. The van der Waals surface area contributed by atoms with Crippen LogP contribution in [0.3, 0.4) is 0 Å². The second-order valence-electron chi connectivity index (χ2n) is 10.6. The fourth-order valence-corrected chi connectivity index (χ4v) is 6.71. The Morgan fingerprint density at radius 3 is 2.65 bits per heavy atom. The Morgan fingerprint density at radius 1 is 1.15 bits per heavy atom. The molecule has 6 atom stereocenters. The molecule has 212 valence electrons. The predicted octanol–water partition coefficient (Wildman–Crippen LogP) is 2.32. The van der Waals surface area contributed by atoms with Crippen molar-refractivity contribution in [1.29, 1.82) is 0 Å². The summed E-state index contributed by atoms with van der Waals surface area (Å²) in [4.78, 5) is 61.3. The minimum atomic E-state index is -1.84. The lowest BCUT2D eigenvalue weighted by atomic mass is 9.75. The average Bonchev–Trinajstić information content (AvgIpc) is 3.72. The van der Waals surface area contributed by atoms with Crippen molar-refractivity contribution in [3.63, 3.8) is 0 Å². The highest BCUT2D eigenvalue weighted by atomic mass is 31.1. The molecule has 0 aromatic heterocycles. The van der Waals surface area contributed by atoms with E-state index in [9.17, 15) is 29.5 Å². The molecule has 2 aromatic carbocycles. The molecule has 0 amide bonds. The average molecular weight is 573 g/mol. The molecule has 0 radical (unpaired) electrons. The van der Waals surface area contributed by atoms with Gasteiger partial charge in [0.15, 0.2) is 23.9 Å². The zero-order valence-corrected chi connectivity index (χ0v) is 22.8. The van der Waals surface area contributed by atoms with Crippen molar-refractivity contribution in [1.82, 2.24) is 0 Å². The molecule has 2 heterocycles. The lowest BCUT2D eigenvalue weighted by Crippen LogP contribution is -2.45. The maximum Gasteiger partial charge on any atom is 0.200 e. The normalized spacial score (nSPS) is 29.0. The third-order valence-corrected chi connectivity index (χ3v) is 9.03. The first-order valence-electron chi connectivity index (χ1n) is 12.8. The van der Waals surface area contributed by atoms with Crippen LogP contribution in [0.15, 0.2) is 18.2 Å². The van der Waals surface area contributed by atoms with Gasteiger partial charge >= 0.3 is 0 Å². The van der Waals surface area contributed by atoms with Gasteiger partial charge < -0.3 is 29.3 Å². The second-order valence-corrected chi connectivity index (χ2v) is 12.1. The number of hydrogen-bond donors (Lipinski definition) is 4. The van der Waals surface area contributed by atoms with Gasteiger partial charge in [-0.1, -0.05) is 12.1 Å². The summed E-state index contributed by atoms with van der Waals surface area (Å²) >= 11 is 0. The number of anilines is 1. The zero-order valence-electron chi connectivity index (χ0n) is 21.9. The van der Waals surface area contributed by atoms with Crippen LogP contribution in [-0.2, 0) is 37.0 Å². The Hall–Kier alpha value is -2.96. The van der Waals surface area contributed by atoms with Crippen LogP contribution < -0.4 is 10.2 Å². The number of phenols is 1. The number of carbonyl (C=O) groups excluding carboxylic acids is 3. The Morgan fingerprint density at radius 2 is 1.93 bits per heavy atom. The van der Waals surface area contributed by atoms with Crippen LogP contribution in [0, 0.1) is 5.92 Å². The Bertz CT molecular complexity index is 1440. The van der Waals surface area contributed by atoms with E-state index in [-0.39, 0.29) is 64.2 Å². The Kier molecular flexibility index (Phi) is 6.70. The number of phenolic OH excluding ortho intramolecular Hbond substituents is 1. The molecule has 2 aliphatic heterocycles. The molecule has 0 spiro atoms. The fraction of sp³-hybridized carbons (Fsp3) is 0.444. The zero-order chi connectivity index (χ0) is 28.5. The molecule has 0 bridgehead atoms. The van der Waals surface area contributed by atoms with E-state index in [2.05, 4.69) is 5.48 Å². The van der Waals surface area contributed by atoms with Gasteiger partial charge in [-0.05, 0) is 44.5 Å². The minimum absolute atomic E-state index is 0.0502. The Balaban J connectivity index is 1.43. The molecular weight excluding hydrogens is 545 g/mol. The van der Waals surface area contributed by atoms with Gasteiger partial charge in [-0.3, -0.25) is 14.4 Å². The van der Waals surface area contributed by atoms with Crippen molar-refractivity contribution in [3.05, 3.63) is 51.6 Å². The summed E-state index contributed by atoms with van der Waals surface area (Å²) in [6.45, 7) is 3.13. The predicted molar refractivity (Wildman–Crippen MR) is 138 cm³/mol. The highest BCUT2D eigenvalue weighted by Gasteiger charge is 2.61. The number of hydrogen-bond acceptors (Lipinski definition) is 12. The van der Waals surface area contributed by atoms with Crippen LogP contribution in [0.1, 0.15) is 62.7 Å². The summed E-state index contributed by atoms with van der Waals surface area (Å²) in [5.41, 5.74) is 2.02. The third-order valence-electron chi connectivity index (χ3n) is 8.02. The number of epoxide rings is 1. The molecule has 2 aliphatic carbocycles. The van der Waals surface area contributed by atoms with Gasteiger partial charge in [0.25, 0.3) is 0 Å². The van der Waals surface area contributed by atoms with E-state index in [1.165, 1.54) is 19.8 Å². The number of aliphatic hydroxyl groups is 1. The van der Waals surface area contributed by atoms with E-state index in [0.29, 0.717) is 17.5 Å². The van der Waals surface area contributed by atoms with Crippen LogP contribution in [0.5, 0.6) is 11.5 Å². The number of fused-ring (bicyclic) bond motifs is 4. The van der Waals surface area contributed by atoms with Crippen LogP contribution in [0.4, 0.5) is 5.69 Å². The lowest BCUT2D eigenvalue weighted by molar-refractivity contribution is -0.361. The number of aromatic hydroxyl groups is 1. The highest BCUT2D eigenvalue weighted by molar-refractivity contribution is 7.68. The number of nitrogens with one attached hydrogen (secondary N) is 1. The first kappa shape index (κ1) is 27.2. The maximum absolute atomic E-state index is 13.9.